The first-order valence-corrected chi connectivity index (χ1v) is 8.39. The fourth-order valence-corrected chi connectivity index (χ4v) is 3.25. The molecule has 0 saturated carbocycles. The molecule has 2 amide bonds. The highest BCUT2D eigenvalue weighted by Crippen LogP contribution is 2.21. The van der Waals surface area contributed by atoms with E-state index < -0.39 is 0 Å². The van der Waals surface area contributed by atoms with E-state index in [-0.39, 0.29) is 36.2 Å². The molecular weight excluding hydrogens is 328 g/mol. The van der Waals surface area contributed by atoms with Gasteiger partial charge in [-0.15, -0.1) is 12.4 Å². The largest absolute Gasteiger partial charge is 0.341 e. The van der Waals surface area contributed by atoms with Crippen LogP contribution >= 0.6 is 12.4 Å². The lowest BCUT2D eigenvalue weighted by Crippen LogP contribution is -2.48. The van der Waals surface area contributed by atoms with Gasteiger partial charge in [-0.05, 0) is 50.8 Å². The molecule has 0 aromatic carbocycles. The fourth-order valence-electron chi connectivity index (χ4n) is 3.25. The first kappa shape index (κ1) is 18.7. The number of pyridine rings is 1. The van der Waals surface area contributed by atoms with Crippen LogP contribution in [0.3, 0.4) is 0 Å². The highest BCUT2D eigenvalue weighted by molar-refractivity contribution is 5.92. The van der Waals surface area contributed by atoms with Gasteiger partial charge in [0.05, 0.1) is 6.04 Å². The number of carbonyl (C=O) groups is 2. The molecule has 1 atom stereocenters. The topological polar surface area (TPSA) is 74.3 Å². The van der Waals surface area contributed by atoms with Crippen LogP contribution in [0.5, 0.6) is 0 Å². The van der Waals surface area contributed by atoms with Gasteiger partial charge in [-0.2, -0.15) is 0 Å². The summed E-state index contributed by atoms with van der Waals surface area (Å²) in [5, 5.41) is 6.12. The predicted molar refractivity (Wildman–Crippen MR) is 95.2 cm³/mol. The summed E-state index contributed by atoms with van der Waals surface area (Å²) >= 11 is 0. The molecule has 3 heterocycles. The Morgan fingerprint density at radius 1 is 1.25 bits per heavy atom. The van der Waals surface area contributed by atoms with Crippen LogP contribution < -0.4 is 10.6 Å². The Labute approximate surface area is 148 Å². The zero-order chi connectivity index (χ0) is 16.2. The maximum absolute atomic E-state index is 12.4. The summed E-state index contributed by atoms with van der Waals surface area (Å²) < 4.78 is 0. The van der Waals surface area contributed by atoms with E-state index in [0.717, 1.165) is 37.8 Å². The Hall–Kier alpha value is -1.66. The molecule has 0 bridgehead atoms. The van der Waals surface area contributed by atoms with Crippen molar-refractivity contribution in [3.63, 3.8) is 0 Å². The van der Waals surface area contributed by atoms with Crippen LogP contribution in [0.4, 0.5) is 5.82 Å². The molecule has 6 nitrogen and oxygen atoms in total. The fraction of sp³-hybridized carbons (Fsp3) is 0.588. The number of rotatable bonds is 3. The van der Waals surface area contributed by atoms with Crippen molar-refractivity contribution in [1.82, 2.24) is 15.2 Å². The van der Waals surface area contributed by atoms with Crippen molar-refractivity contribution in [2.24, 2.45) is 5.92 Å². The number of amides is 2. The molecule has 132 valence electrons. The minimum atomic E-state index is -0.0429. The summed E-state index contributed by atoms with van der Waals surface area (Å²) in [6, 6.07) is 3.73. The Balaban J connectivity index is 0.00000208. The number of nitrogens with zero attached hydrogens (tertiary/aromatic N) is 2. The van der Waals surface area contributed by atoms with Crippen LogP contribution in [-0.4, -0.2) is 47.4 Å². The second-order valence-electron chi connectivity index (χ2n) is 6.46. The number of piperidine rings is 1. The molecule has 2 aliphatic heterocycles. The number of aryl methyl sites for hydroxylation is 1. The van der Waals surface area contributed by atoms with Crippen molar-refractivity contribution in [1.29, 1.82) is 0 Å². The quantitative estimate of drug-likeness (QED) is 0.869. The van der Waals surface area contributed by atoms with E-state index in [1.165, 1.54) is 0 Å². The van der Waals surface area contributed by atoms with Gasteiger partial charge >= 0.3 is 0 Å². The molecule has 7 heteroatoms. The van der Waals surface area contributed by atoms with Crippen molar-refractivity contribution < 1.29 is 9.59 Å². The van der Waals surface area contributed by atoms with Crippen LogP contribution in [0.15, 0.2) is 18.3 Å². The van der Waals surface area contributed by atoms with Crippen LogP contribution in [0.25, 0.3) is 0 Å². The van der Waals surface area contributed by atoms with E-state index in [1.807, 2.05) is 24.0 Å². The van der Waals surface area contributed by atoms with Gasteiger partial charge in [0.15, 0.2) is 0 Å². The molecule has 2 aliphatic rings. The lowest BCUT2D eigenvalue weighted by molar-refractivity contribution is -0.136. The number of halogens is 1. The molecule has 0 radical (unpaired) electrons. The van der Waals surface area contributed by atoms with Gasteiger partial charge in [0, 0.05) is 25.2 Å². The zero-order valence-electron chi connectivity index (χ0n) is 14.0. The smallest absolute Gasteiger partial charge is 0.239 e. The van der Waals surface area contributed by atoms with Gasteiger partial charge in [0.2, 0.25) is 11.8 Å². The molecule has 1 unspecified atom stereocenters. The maximum Gasteiger partial charge on any atom is 0.239 e. The minimum absolute atomic E-state index is 0. The van der Waals surface area contributed by atoms with E-state index in [9.17, 15) is 9.59 Å². The lowest BCUT2D eigenvalue weighted by atomic mass is 9.95. The van der Waals surface area contributed by atoms with Crippen molar-refractivity contribution in [2.75, 3.05) is 25.0 Å². The molecule has 2 saturated heterocycles. The van der Waals surface area contributed by atoms with E-state index >= 15 is 0 Å². The summed E-state index contributed by atoms with van der Waals surface area (Å²) in [4.78, 5) is 30.8. The average molecular weight is 353 g/mol. The Kier molecular flexibility index (Phi) is 6.57. The predicted octanol–water partition coefficient (Wildman–Crippen LogP) is 1.74. The van der Waals surface area contributed by atoms with Crippen LogP contribution in [0, 0.1) is 12.8 Å². The third-order valence-corrected chi connectivity index (χ3v) is 4.70. The first-order valence-electron chi connectivity index (χ1n) is 8.39. The van der Waals surface area contributed by atoms with Crippen LogP contribution in [0.2, 0.25) is 0 Å². The SMILES string of the molecule is Cc1ccc(NC(=O)C2CCN(C(=O)C3CCCN3)CC2)nc1.Cl. The maximum atomic E-state index is 12.4. The molecule has 1 aromatic heterocycles. The van der Waals surface area contributed by atoms with E-state index in [0.29, 0.717) is 18.9 Å². The number of hydrogen-bond donors (Lipinski definition) is 2. The zero-order valence-corrected chi connectivity index (χ0v) is 14.8. The summed E-state index contributed by atoms with van der Waals surface area (Å²) in [7, 11) is 0. The van der Waals surface area contributed by atoms with Gasteiger partial charge in [0.25, 0.3) is 0 Å². The van der Waals surface area contributed by atoms with E-state index in [4.69, 9.17) is 0 Å². The van der Waals surface area contributed by atoms with Crippen LogP contribution in [0.1, 0.15) is 31.2 Å². The average Bonchev–Trinajstić information content (AvgIpc) is 3.11. The molecule has 3 rings (SSSR count). The molecule has 24 heavy (non-hydrogen) atoms. The Bertz CT molecular complexity index is 564. The lowest BCUT2D eigenvalue weighted by Gasteiger charge is -2.32. The number of hydrogen-bond acceptors (Lipinski definition) is 4. The summed E-state index contributed by atoms with van der Waals surface area (Å²) in [6.45, 7) is 4.22. The summed E-state index contributed by atoms with van der Waals surface area (Å²) in [6.07, 6.45) is 5.18. The second-order valence-corrected chi connectivity index (χ2v) is 6.46. The number of nitrogens with one attached hydrogen (secondary N) is 2. The molecule has 0 spiro atoms. The van der Waals surface area contributed by atoms with Crippen molar-refractivity contribution in [2.45, 2.75) is 38.6 Å². The van der Waals surface area contributed by atoms with Gasteiger partial charge in [-0.1, -0.05) is 6.07 Å². The Morgan fingerprint density at radius 3 is 2.58 bits per heavy atom. The standard InChI is InChI=1S/C17H24N4O2.ClH/c1-12-4-5-15(19-11-12)20-16(22)13-6-9-21(10-7-13)17(23)14-3-2-8-18-14;/h4-5,11,13-14,18H,2-3,6-10H2,1H3,(H,19,20,22);1H. The van der Waals surface area contributed by atoms with Gasteiger partial charge < -0.3 is 15.5 Å². The Morgan fingerprint density at radius 2 is 2.00 bits per heavy atom. The van der Waals surface area contributed by atoms with Crippen molar-refractivity contribution >= 4 is 30.0 Å². The van der Waals surface area contributed by atoms with Gasteiger partial charge in [0.1, 0.15) is 5.82 Å². The third kappa shape index (κ3) is 4.45. The second kappa shape index (κ2) is 8.44. The van der Waals surface area contributed by atoms with Gasteiger partial charge in [-0.3, -0.25) is 9.59 Å². The molecule has 0 aliphatic carbocycles. The molecule has 2 fully saturated rings. The van der Waals surface area contributed by atoms with E-state index in [1.54, 1.807) is 6.20 Å². The number of carbonyl (C=O) groups excluding carboxylic acids is 2. The van der Waals surface area contributed by atoms with E-state index in [2.05, 4.69) is 15.6 Å². The summed E-state index contributed by atoms with van der Waals surface area (Å²) in [5.74, 6) is 0.752. The van der Waals surface area contributed by atoms with Crippen molar-refractivity contribution in [3.05, 3.63) is 23.9 Å². The minimum Gasteiger partial charge on any atom is -0.341 e. The highest BCUT2D eigenvalue weighted by atomic mass is 35.5. The molecule has 2 N–H and O–H groups in total. The summed E-state index contributed by atoms with van der Waals surface area (Å²) in [5.41, 5.74) is 1.07. The monoisotopic (exact) mass is 352 g/mol. The normalized spacial score (nSPS) is 21.2. The van der Waals surface area contributed by atoms with Crippen molar-refractivity contribution in [3.8, 4) is 0 Å². The highest BCUT2D eigenvalue weighted by Gasteiger charge is 2.31. The number of anilines is 1. The number of aromatic nitrogens is 1. The molecular formula is C17H25ClN4O2. The molecule has 1 aromatic rings. The van der Waals surface area contributed by atoms with Crippen LogP contribution in [-0.2, 0) is 9.59 Å². The third-order valence-electron chi connectivity index (χ3n) is 4.70. The first-order chi connectivity index (χ1) is 11.1. The number of likely N-dealkylation sites (tertiary alicyclic amines) is 1. The van der Waals surface area contributed by atoms with Gasteiger partial charge in [-0.25, -0.2) is 4.98 Å².